The molecule has 35 heavy (non-hydrogen) atoms. The van der Waals surface area contributed by atoms with Gasteiger partial charge in [-0.2, -0.15) is 0 Å². The molecule has 0 saturated heterocycles. The van der Waals surface area contributed by atoms with Gasteiger partial charge in [-0.05, 0) is 37.1 Å². The van der Waals surface area contributed by atoms with E-state index in [0.717, 1.165) is 0 Å². The van der Waals surface area contributed by atoms with Gasteiger partial charge in [0.1, 0.15) is 21.3 Å². The fourth-order valence-electron chi connectivity index (χ4n) is 3.96. The molecule has 8 nitrogen and oxygen atoms in total. The van der Waals surface area contributed by atoms with E-state index in [9.17, 15) is 30.4 Å². The highest BCUT2D eigenvalue weighted by Crippen LogP contribution is 2.54. The molecule has 0 fully saturated rings. The van der Waals surface area contributed by atoms with Crippen LogP contribution in [0.3, 0.4) is 0 Å². The van der Waals surface area contributed by atoms with Crippen LogP contribution in [0.4, 0.5) is 11.4 Å². The van der Waals surface area contributed by atoms with Crippen molar-refractivity contribution in [3.8, 4) is 33.8 Å². The van der Waals surface area contributed by atoms with E-state index in [1.165, 1.54) is 26.0 Å². The van der Waals surface area contributed by atoms with E-state index in [1.54, 1.807) is 60.7 Å². The zero-order valence-corrected chi connectivity index (χ0v) is 19.6. The molecule has 4 rings (SSSR count). The zero-order valence-electron chi connectivity index (χ0n) is 18.8. The van der Waals surface area contributed by atoms with E-state index in [1.807, 2.05) is 0 Å². The van der Waals surface area contributed by atoms with Gasteiger partial charge in [0.15, 0.2) is 0 Å². The van der Waals surface area contributed by atoms with Gasteiger partial charge in [-0.25, -0.2) is 0 Å². The fraction of sp³-hybridized carbons (Fsp3) is 0.0769. The van der Waals surface area contributed by atoms with Gasteiger partial charge in [0.05, 0.1) is 9.85 Å². The Bertz CT molecular complexity index is 1350. The molecule has 4 aromatic rings. The highest BCUT2D eigenvalue weighted by atomic mass is 32.2. The third-order valence-electron chi connectivity index (χ3n) is 5.58. The predicted molar refractivity (Wildman–Crippen MR) is 134 cm³/mol. The van der Waals surface area contributed by atoms with Crippen LogP contribution in [0.15, 0.2) is 82.6 Å². The third kappa shape index (κ3) is 4.41. The maximum atomic E-state index is 12.0. The number of benzene rings is 4. The number of phenolic OH excluding ortho intramolecular Hbond substituents is 2. The van der Waals surface area contributed by atoms with Crippen molar-refractivity contribution in [2.45, 2.75) is 23.6 Å². The summed E-state index contributed by atoms with van der Waals surface area (Å²) in [6.45, 7) is 3.07. The Hall–Kier alpha value is -4.37. The Kier molecular flexibility index (Phi) is 6.44. The first-order valence-electron chi connectivity index (χ1n) is 10.5. The molecular weight excluding hydrogens is 468 g/mol. The molecular formula is C26H20N2O6S. The normalized spacial score (nSPS) is 10.8. The number of rotatable bonds is 6. The van der Waals surface area contributed by atoms with Crippen LogP contribution in [0.5, 0.6) is 11.5 Å². The molecule has 0 aliphatic rings. The summed E-state index contributed by atoms with van der Waals surface area (Å²) in [5, 5.41) is 46.3. The van der Waals surface area contributed by atoms with E-state index < -0.39 is 21.3 Å². The Balaban J connectivity index is 2.01. The van der Waals surface area contributed by atoms with Crippen LogP contribution in [0, 0.1) is 34.1 Å². The first-order valence-corrected chi connectivity index (χ1v) is 11.3. The summed E-state index contributed by atoms with van der Waals surface area (Å²) in [5.41, 5.74) is 1.70. The van der Waals surface area contributed by atoms with Crippen LogP contribution in [0.1, 0.15) is 11.1 Å². The van der Waals surface area contributed by atoms with E-state index in [0.29, 0.717) is 34.0 Å². The van der Waals surface area contributed by atoms with Gasteiger partial charge in [0.2, 0.25) is 0 Å². The second-order valence-corrected chi connectivity index (χ2v) is 8.90. The summed E-state index contributed by atoms with van der Waals surface area (Å²) in [7, 11) is 0. The Labute approximate surface area is 204 Å². The highest BCUT2D eigenvalue weighted by molar-refractivity contribution is 7.99. The first-order chi connectivity index (χ1) is 16.7. The molecule has 0 heterocycles. The summed E-state index contributed by atoms with van der Waals surface area (Å²) >= 11 is 0.613. The number of hydrogen-bond acceptors (Lipinski definition) is 7. The summed E-state index contributed by atoms with van der Waals surface area (Å²) < 4.78 is 0. The number of aromatic hydroxyl groups is 2. The first kappa shape index (κ1) is 23.8. The smallest absolute Gasteiger partial charge is 0.289 e. The van der Waals surface area contributed by atoms with Crippen molar-refractivity contribution in [3.05, 3.63) is 104 Å². The van der Waals surface area contributed by atoms with Crippen molar-refractivity contribution in [1.29, 1.82) is 0 Å². The fourth-order valence-corrected chi connectivity index (χ4v) is 5.24. The minimum absolute atomic E-state index is 0.183. The van der Waals surface area contributed by atoms with Gasteiger partial charge in [-0.3, -0.25) is 20.2 Å². The molecule has 0 bridgehead atoms. The minimum atomic E-state index is -0.636. The average molecular weight is 489 g/mol. The summed E-state index contributed by atoms with van der Waals surface area (Å²) in [4.78, 5) is 22.3. The lowest BCUT2D eigenvalue weighted by molar-refractivity contribution is -0.388. The molecule has 0 aliphatic heterocycles. The Morgan fingerprint density at radius 2 is 1.00 bits per heavy atom. The molecule has 0 unspecified atom stereocenters. The van der Waals surface area contributed by atoms with E-state index in [-0.39, 0.29) is 32.3 Å². The van der Waals surface area contributed by atoms with Crippen LogP contribution in [-0.2, 0) is 0 Å². The van der Waals surface area contributed by atoms with Crippen molar-refractivity contribution in [2.24, 2.45) is 0 Å². The highest BCUT2D eigenvalue weighted by Gasteiger charge is 2.32. The molecule has 0 atom stereocenters. The number of phenols is 2. The molecule has 0 radical (unpaired) electrons. The Morgan fingerprint density at radius 1 is 0.657 bits per heavy atom. The number of aryl methyl sites for hydroxylation is 2. The SMILES string of the molecule is Cc1cc(-c2ccccc2)c(O)c(Sc2c(O)c(-c3ccccc3)cc(C)c2[N+](=O)[O-])c1[N+](=O)[O-]. The van der Waals surface area contributed by atoms with Gasteiger partial charge in [-0.1, -0.05) is 72.4 Å². The Morgan fingerprint density at radius 3 is 1.31 bits per heavy atom. The number of nitro groups is 2. The molecule has 4 aromatic carbocycles. The quantitative estimate of drug-likeness (QED) is 0.221. The average Bonchev–Trinajstić information content (AvgIpc) is 2.83. The largest absolute Gasteiger partial charge is 0.506 e. The molecule has 0 aromatic heterocycles. The molecule has 0 spiro atoms. The van der Waals surface area contributed by atoms with Crippen molar-refractivity contribution in [1.82, 2.24) is 0 Å². The summed E-state index contributed by atoms with van der Waals surface area (Å²) in [6.07, 6.45) is 0. The monoisotopic (exact) mass is 488 g/mol. The van der Waals surface area contributed by atoms with Gasteiger partial charge < -0.3 is 10.2 Å². The molecule has 2 N–H and O–H groups in total. The minimum Gasteiger partial charge on any atom is -0.506 e. The van der Waals surface area contributed by atoms with Crippen molar-refractivity contribution >= 4 is 23.1 Å². The van der Waals surface area contributed by atoms with Crippen LogP contribution >= 0.6 is 11.8 Å². The van der Waals surface area contributed by atoms with Crippen LogP contribution in [0.2, 0.25) is 0 Å². The predicted octanol–water partition coefficient (Wildman–Crippen LogP) is 7.02. The van der Waals surface area contributed by atoms with Gasteiger partial charge in [-0.15, -0.1) is 0 Å². The van der Waals surface area contributed by atoms with E-state index in [2.05, 4.69) is 0 Å². The molecule has 9 heteroatoms. The lowest BCUT2D eigenvalue weighted by Crippen LogP contribution is -1.99. The number of nitro benzene ring substituents is 2. The second-order valence-electron chi connectivity index (χ2n) is 7.88. The van der Waals surface area contributed by atoms with Crippen LogP contribution < -0.4 is 0 Å². The molecule has 0 saturated carbocycles. The van der Waals surface area contributed by atoms with Crippen molar-refractivity contribution in [3.63, 3.8) is 0 Å². The maximum Gasteiger partial charge on any atom is 0.289 e. The van der Waals surface area contributed by atoms with E-state index in [4.69, 9.17) is 0 Å². The topological polar surface area (TPSA) is 127 Å². The lowest BCUT2D eigenvalue weighted by Gasteiger charge is -2.16. The third-order valence-corrected chi connectivity index (χ3v) is 6.76. The van der Waals surface area contributed by atoms with Gasteiger partial charge >= 0.3 is 0 Å². The molecule has 176 valence electrons. The maximum absolute atomic E-state index is 12.0. The van der Waals surface area contributed by atoms with Crippen LogP contribution in [-0.4, -0.2) is 20.1 Å². The lowest BCUT2D eigenvalue weighted by atomic mass is 10.0. The van der Waals surface area contributed by atoms with E-state index >= 15 is 0 Å². The number of nitrogens with zero attached hydrogens (tertiary/aromatic N) is 2. The molecule has 0 amide bonds. The second kappa shape index (κ2) is 9.47. The van der Waals surface area contributed by atoms with Crippen molar-refractivity contribution in [2.75, 3.05) is 0 Å². The van der Waals surface area contributed by atoms with Crippen molar-refractivity contribution < 1.29 is 20.1 Å². The van der Waals surface area contributed by atoms with Gasteiger partial charge in [0.25, 0.3) is 11.4 Å². The molecule has 0 aliphatic carbocycles. The number of hydrogen-bond donors (Lipinski definition) is 2. The van der Waals surface area contributed by atoms with Gasteiger partial charge in [0, 0.05) is 22.3 Å². The standard InChI is InChI=1S/C26H20N2O6S/c1-15-13-19(17-9-5-3-6-10-17)23(29)25(21(15)27(31)32)35-26-22(28(33)34)16(2)14-20(24(26)30)18-11-7-4-8-12-18/h3-14,29-30H,1-2H3. The summed E-state index contributed by atoms with van der Waals surface area (Å²) in [6, 6.07) is 20.7. The summed E-state index contributed by atoms with van der Waals surface area (Å²) in [5.74, 6) is -0.787. The zero-order chi connectivity index (χ0) is 25.3. The van der Waals surface area contributed by atoms with Crippen LogP contribution in [0.25, 0.3) is 22.3 Å².